The van der Waals surface area contributed by atoms with Crippen molar-refractivity contribution in [2.45, 2.75) is 33.2 Å². The lowest BCUT2D eigenvalue weighted by Gasteiger charge is -2.10. The third-order valence-corrected chi connectivity index (χ3v) is 2.24. The van der Waals surface area contributed by atoms with E-state index in [0.717, 1.165) is 6.42 Å². The van der Waals surface area contributed by atoms with Gasteiger partial charge in [-0.3, -0.25) is 0 Å². The van der Waals surface area contributed by atoms with Crippen molar-refractivity contribution in [3.63, 3.8) is 0 Å². The van der Waals surface area contributed by atoms with Crippen LogP contribution in [0, 0.1) is 6.92 Å². The summed E-state index contributed by atoms with van der Waals surface area (Å²) < 4.78 is 0. The van der Waals surface area contributed by atoms with Crippen LogP contribution in [-0.4, -0.2) is 0 Å². The molecule has 12 heavy (non-hydrogen) atoms. The van der Waals surface area contributed by atoms with Crippen molar-refractivity contribution in [2.24, 2.45) is 5.73 Å². The first kappa shape index (κ1) is 9.27. The Balaban J connectivity index is 3.08. The average molecular weight is 163 g/mol. The Morgan fingerprint density at radius 3 is 2.58 bits per heavy atom. The van der Waals surface area contributed by atoms with E-state index in [1.165, 1.54) is 16.7 Å². The summed E-state index contributed by atoms with van der Waals surface area (Å²) in [6, 6.07) is 6.68. The van der Waals surface area contributed by atoms with Crippen LogP contribution in [0.4, 0.5) is 0 Å². The van der Waals surface area contributed by atoms with Gasteiger partial charge < -0.3 is 5.73 Å². The van der Waals surface area contributed by atoms with Crippen LogP contribution in [0.5, 0.6) is 0 Å². The number of benzene rings is 1. The highest BCUT2D eigenvalue weighted by Gasteiger charge is 2.03. The number of rotatable bonds is 2. The highest BCUT2D eigenvalue weighted by Crippen LogP contribution is 2.17. The van der Waals surface area contributed by atoms with Gasteiger partial charge in [-0.15, -0.1) is 0 Å². The normalized spacial score (nSPS) is 13.0. The molecular weight excluding hydrogens is 146 g/mol. The summed E-state index contributed by atoms with van der Waals surface area (Å²) in [6.45, 7) is 6.30. The van der Waals surface area contributed by atoms with Crippen molar-refractivity contribution >= 4 is 0 Å². The standard InChI is InChI=1S/C11H17N/c1-4-10-6-5-8(2)11(7-10)9(3)12/h5-7,9H,4,12H2,1-3H3. The summed E-state index contributed by atoms with van der Waals surface area (Å²) in [5.74, 6) is 0. The van der Waals surface area contributed by atoms with Gasteiger partial charge in [0.25, 0.3) is 0 Å². The van der Waals surface area contributed by atoms with E-state index in [2.05, 4.69) is 32.0 Å². The SMILES string of the molecule is CCc1ccc(C)c(C(C)N)c1. The van der Waals surface area contributed by atoms with Crippen molar-refractivity contribution in [2.75, 3.05) is 0 Å². The van der Waals surface area contributed by atoms with Crippen molar-refractivity contribution < 1.29 is 0 Å². The molecule has 0 aliphatic heterocycles. The summed E-state index contributed by atoms with van der Waals surface area (Å²) in [7, 11) is 0. The van der Waals surface area contributed by atoms with E-state index in [4.69, 9.17) is 5.73 Å². The average Bonchev–Trinajstić information content (AvgIpc) is 2.05. The topological polar surface area (TPSA) is 26.0 Å². The van der Waals surface area contributed by atoms with Crippen LogP contribution in [0.3, 0.4) is 0 Å². The number of aryl methyl sites for hydroxylation is 2. The second-order valence-corrected chi connectivity index (χ2v) is 3.33. The molecule has 1 aromatic carbocycles. The first-order valence-electron chi connectivity index (χ1n) is 4.50. The Bertz CT molecular complexity index is 264. The molecule has 0 bridgehead atoms. The third-order valence-electron chi connectivity index (χ3n) is 2.24. The van der Waals surface area contributed by atoms with Crippen LogP contribution in [0.2, 0.25) is 0 Å². The maximum absolute atomic E-state index is 5.84. The van der Waals surface area contributed by atoms with Gasteiger partial charge in [0.05, 0.1) is 0 Å². The van der Waals surface area contributed by atoms with Gasteiger partial charge in [0.2, 0.25) is 0 Å². The number of hydrogen-bond acceptors (Lipinski definition) is 1. The quantitative estimate of drug-likeness (QED) is 0.712. The molecule has 0 aliphatic rings. The van der Waals surface area contributed by atoms with Crippen LogP contribution in [0.1, 0.15) is 36.6 Å². The zero-order chi connectivity index (χ0) is 9.14. The fraction of sp³-hybridized carbons (Fsp3) is 0.455. The molecule has 1 atom stereocenters. The molecule has 1 rings (SSSR count). The van der Waals surface area contributed by atoms with Crippen molar-refractivity contribution in [1.29, 1.82) is 0 Å². The zero-order valence-corrected chi connectivity index (χ0v) is 8.09. The third kappa shape index (κ3) is 1.86. The lowest BCUT2D eigenvalue weighted by atomic mass is 9.99. The van der Waals surface area contributed by atoms with Gasteiger partial charge in [0, 0.05) is 6.04 Å². The molecule has 66 valence electrons. The number of hydrogen-bond donors (Lipinski definition) is 1. The maximum Gasteiger partial charge on any atom is 0.0268 e. The van der Waals surface area contributed by atoms with Gasteiger partial charge in [0.1, 0.15) is 0 Å². The molecule has 0 aromatic heterocycles. The van der Waals surface area contributed by atoms with Gasteiger partial charge in [-0.1, -0.05) is 25.1 Å². The van der Waals surface area contributed by atoms with E-state index in [1.807, 2.05) is 6.92 Å². The molecule has 0 radical (unpaired) electrons. The van der Waals surface area contributed by atoms with Gasteiger partial charge in [-0.05, 0) is 37.0 Å². The molecule has 0 spiro atoms. The molecule has 1 heteroatoms. The highest BCUT2D eigenvalue weighted by atomic mass is 14.6. The summed E-state index contributed by atoms with van der Waals surface area (Å²) in [4.78, 5) is 0. The van der Waals surface area contributed by atoms with E-state index < -0.39 is 0 Å². The van der Waals surface area contributed by atoms with E-state index in [0.29, 0.717) is 0 Å². The summed E-state index contributed by atoms with van der Waals surface area (Å²) >= 11 is 0. The van der Waals surface area contributed by atoms with Crippen LogP contribution in [-0.2, 0) is 6.42 Å². The molecule has 0 saturated carbocycles. The zero-order valence-electron chi connectivity index (χ0n) is 8.09. The second kappa shape index (κ2) is 3.72. The van der Waals surface area contributed by atoms with Crippen LogP contribution < -0.4 is 5.73 Å². The van der Waals surface area contributed by atoms with Crippen molar-refractivity contribution in [1.82, 2.24) is 0 Å². The van der Waals surface area contributed by atoms with Crippen LogP contribution >= 0.6 is 0 Å². The molecule has 1 unspecified atom stereocenters. The molecule has 0 heterocycles. The largest absolute Gasteiger partial charge is 0.324 e. The van der Waals surface area contributed by atoms with Gasteiger partial charge in [-0.2, -0.15) is 0 Å². The Morgan fingerprint density at radius 2 is 2.08 bits per heavy atom. The monoisotopic (exact) mass is 163 g/mol. The molecule has 1 nitrogen and oxygen atoms in total. The fourth-order valence-electron chi connectivity index (χ4n) is 1.40. The Hall–Kier alpha value is -0.820. The lowest BCUT2D eigenvalue weighted by molar-refractivity contribution is 0.807. The minimum absolute atomic E-state index is 0.150. The number of nitrogens with two attached hydrogens (primary N) is 1. The lowest BCUT2D eigenvalue weighted by Crippen LogP contribution is -2.07. The smallest absolute Gasteiger partial charge is 0.0268 e. The van der Waals surface area contributed by atoms with Crippen molar-refractivity contribution in [3.05, 3.63) is 34.9 Å². The maximum atomic E-state index is 5.84. The summed E-state index contributed by atoms with van der Waals surface area (Å²) in [5.41, 5.74) is 9.77. The van der Waals surface area contributed by atoms with Gasteiger partial charge in [0.15, 0.2) is 0 Å². The Labute approximate surface area is 74.6 Å². The molecule has 2 N–H and O–H groups in total. The first-order chi connectivity index (χ1) is 5.65. The minimum Gasteiger partial charge on any atom is -0.324 e. The van der Waals surface area contributed by atoms with E-state index in [1.54, 1.807) is 0 Å². The minimum atomic E-state index is 0.150. The summed E-state index contributed by atoms with van der Waals surface area (Å²) in [6.07, 6.45) is 1.08. The predicted octanol–water partition coefficient (Wildman–Crippen LogP) is 2.58. The Kier molecular flexibility index (Phi) is 2.88. The Morgan fingerprint density at radius 1 is 1.42 bits per heavy atom. The first-order valence-corrected chi connectivity index (χ1v) is 4.50. The van der Waals surface area contributed by atoms with E-state index in [9.17, 15) is 0 Å². The van der Waals surface area contributed by atoms with E-state index >= 15 is 0 Å². The molecular formula is C11H17N. The fourth-order valence-corrected chi connectivity index (χ4v) is 1.40. The van der Waals surface area contributed by atoms with Gasteiger partial charge in [-0.25, -0.2) is 0 Å². The molecule has 1 aromatic rings. The predicted molar refractivity (Wildman–Crippen MR) is 53.2 cm³/mol. The second-order valence-electron chi connectivity index (χ2n) is 3.33. The molecule has 0 aliphatic carbocycles. The van der Waals surface area contributed by atoms with Gasteiger partial charge >= 0.3 is 0 Å². The van der Waals surface area contributed by atoms with E-state index in [-0.39, 0.29) is 6.04 Å². The van der Waals surface area contributed by atoms with Crippen molar-refractivity contribution in [3.8, 4) is 0 Å². The van der Waals surface area contributed by atoms with Crippen LogP contribution in [0.15, 0.2) is 18.2 Å². The summed E-state index contributed by atoms with van der Waals surface area (Å²) in [5, 5.41) is 0. The molecule has 0 amide bonds. The van der Waals surface area contributed by atoms with Crippen LogP contribution in [0.25, 0.3) is 0 Å². The highest BCUT2D eigenvalue weighted by molar-refractivity contribution is 5.32. The molecule has 0 fully saturated rings. The molecule has 0 saturated heterocycles.